The second-order valence-electron chi connectivity index (χ2n) is 6.57. The Hall–Kier alpha value is -1.26. The monoisotopic (exact) mass is 507 g/mol. The molecule has 0 spiro atoms. The van der Waals surface area contributed by atoms with Crippen LogP contribution in [0.3, 0.4) is 0 Å². The minimum absolute atomic E-state index is 0. The molecular formula is C20H34IN3O4. The molecule has 0 unspecified atom stereocenters. The van der Waals surface area contributed by atoms with E-state index in [1.54, 1.807) is 26.4 Å². The number of nitrogens with zero attached hydrogens (tertiary/aromatic N) is 2. The van der Waals surface area contributed by atoms with Crippen LogP contribution in [-0.2, 0) is 16.0 Å². The molecule has 1 aromatic carbocycles. The minimum Gasteiger partial charge on any atom is -0.508 e. The van der Waals surface area contributed by atoms with E-state index in [-0.39, 0.29) is 29.7 Å². The van der Waals surface area contributed by atoms with Crippen LogP contribution in [0.5, 0.6) is 11.5 Å². The smallest absolute Gasteiger partial charge is 0.194 e. The summed E-state index contributed by atoms with van der Waals surface area (Å²) in [5, 5.41) is 13.4. The van der Waals surface area contributed by atoms with Gasteiger partial charge in [-0.3, -0.25) is 0 Å². The molecule has 1 saturated heterocycles. The van der Waals surface area contributed by atoms with Crippen molar-refractivity contribution in [2.75, 3.05) is 47.1 Å². The van der Waals surface area contributed by atoms with Crippen molar-refractivity contribution >= 4 is 29.9 Å². The molecule has 2 N–H and O–H groups in total. The lowest BCUT2D eigenvalue weighted by Gasteiger charge is -2.34. The second kappa shape index (κ2) is 13.8. The van der Waals surface area contributed by atoms with Crippen molar-refractivity contribution in [3.8, 4) is 11.5 Å². The van der Waals surface area contributed by atoms with Crippen molar-refractivity contribution in [2.24, 2.45) is 4.99 Å². The average molecular weight is 507 g/mol. The van der Waals surface area contributed by atoms with E-state index in [4.69, 9.17) is 19.2 Å². The fourth-order valence-electron chi connectivity index (χ4n) is 3.09. The lowest BCUT2D eigenvalue weighted by atomic mass is 10.1. The molecule has 1 heterocycles. The van der Waals surface area contributed by atoms with Gasteiger partial charge in [0.1, 0.15) is 11.5 Å². The molecule has 0 aromatic heterocycles. The van der Waals surface area contributed by atoms with E-state index in [0.29, 0.717) is 12.6 Å². The van der Waals surface area contributed by atoms with E-state index in [1.165, 1.54) is 0 Å². The lowest BCUT2D eigenvalue weighted by molar-refractivity contribution is 0.00990. The highest BCUT2D eigenvalue weighted by molar-refractivity contribution is 14.0. The van der Waals surface area contributed by atoms with Crippen LogP contribution in [0.1, 0.15) is 31.7 Å². The molecule has 0 radical (unpaired) electrons. The van der Waals surface area contributed by atoms with Gasteiger partial charge >= 0.3 is 0 Å². The van der Waals surface area contributed by atoms with Crippen molar-refractivity contribution < 1.29 is 19.3 Å². The number of hydrogen-bond acceptors (Lipinski definition) is 5. The molecule has 1 fully saturated rings. The summed E-state index contributed by atoms with van der Waals surface area (Å²) in [5.41, 5.74) is 0.751. The van der Waals surface area contributed by atoms with Crippen molar-refractivity contribution in [3.63, 3.8) is 0 Å². The molecular weight excluding hydrogens is 473 g/mol. The Morgan fingerprint density at radius 2 is 2.00 bits per heavy atom. The topological polar surface area (TPSA) is 75.6 Å². The zero-order valence-corrected chi connectivity index (χ0v) is 19.5. The highest BCUT2D eigenvalue weighted by atomic mass is 127. The number of likely N-dealkylation sites (tertiary alicyclic amines) is 1. The molecule has 0 amide bonds. The van der Waals surface area contributed by atoms with Gasteiger partial charge in [0.2, 0.25) is 0 Å². The number of methoxy groups -OCH3 is 2. The van der Waals surface area contributed by atoms with Gasteiger partial charge in [-0.05, 0) is 44.4 Å². The standard InChI is InChI=1S/C20H33N3O4.HI/c1-4-21-20(22-15-16-14-18(26-3)6-7-19(16)24)23-10-8-17(9-11-23)27-13-5-12-25-2;/h6-7,14,17,24H,4-5,8-13,15H2,1-3H3,(H,21,22);1H. The molecule has 0 aliphatic carbocycles. The maximum absolute atomic E-state index is 10.1. The number of halogens is 1. The van der Waals surface area contributed by atoms with Crippen molar-refractivity contribution in [1.29, 1.82) is 0 Å². The minimum atomic E-state index is 0. The Kier molecular flexibility index (Phi) is 12.2. The number of nitrogens with one attached hydrogen (secondary N) is 1. The van der Waals surface area contributed by atoms with Crippen LogP contribution in [0, 0.1) is 0 Å². The van der Waals surface area contributed by atoms with Gasteiger partial charge in [0.05, 0.1) is 19.8 Å². The molecule has 2 rings (SSSR count). The Bertz CT molecular complexity index is 593. The summed E-state index contributed by atoms with van der Waals surface area (Å²) < 4.78 is 16.2. The zero-order chi connectivity index (χ0) is 19.5. The first-order chi connectivity index (χ1) is 13.2. The Morgan fingerprint density at radius 3 is 2.64 bits per heavy atom. The van der Waals surface area contributed by atoms with E-state index in [0.717, 1.165) is 69.4 Å². The Morgan fingerprint density at radius 1 is 1.25 bits per heavy atom. The number of benzene rings is 1. The second-order valence-corrected chi connectivity index (χ2v) is 6.57. The third-order valence-electron chi connectivity index (χ3n) is 4.61. The van der Waals surface area contributed by atoms with Crippen LogP contribution >= 0.6 is 24.0 Å². The van der Waals surface area contributed by atoms with Crippen molar-refractivity contribution in [1.82, 2.24) is 10.2 Å². The van der Waals surface area contributed by atoms with Crippen LogP contribution in [0.2, 0.25) is 0 Å². The third kappa shape index (κ3) is 8.00. The van der Waals surface area contributed by atoms with Crippen molar-refractivity contribution in [3.05, 3.63) is 23.8 Å². The molecule has 7 nitrogen and oxygen atoms in total. The lowest BCUT2D eigenvalue weighted by Crippen LogP contribution is -2.47. The highest BCUT2D eigenvalue weighted by Gasteiger charge is 2.21. The summed E-state index contributed by atoms with van der Waals surface area (Å²) in [5.74, 6) is 1.82. The van der Waals surface area contributed by atoms with Gasteiger partial charge in [0.25, 0.3) is 0 Å². The maximum Gasteiger partial charge on any atom is 0.194 e. The largest absolute Gasteiger partial charge is 0.508 e. The summed E-state index contributed by atoms with van der Waals surface area (Å²) in [6.45, 7) is 6.57. The first kappa shape index (κ1) is 24.8. The van der Waals surface area contributed by atoms with E-state index in [2.05, 4.69) is 17.1 Å². The first-order valence-electron chi connectivity index (χ1n) is 9.67. The number of phenolic OH excluding ortho intramolecular Hbond substituents is 1. The molecule has 8 heteroatoms. The summed E-state index contributed by atoms with van der Waals surface area (Å²) in [6, 6.07) is 5.21. The molecule has 1 aliphatic heterocycles. The van der Waals surface area contributed by atoms with Crippen LogP contribution in [0.4, 0.5) is 0 Å². The summed E-state index contributed by atoms with van der Waals surface area (Å²) >= 11 is 0. The van der Waals surface area contributed by atoms with Gasteiger partial charge < -0.3 is 29.5 Å². The number of aliphatic imine (C=N–C) groups is 1. The van der Waals surface area contributed by atoms with Crippen LogP contribution in [-0.4, -0.2) is 69.1 Å². The first-order valence-corrected chi connectivity index (χ1v) is 9.67. The van der Waals surface area contributed by atoms with Crippen LogP contribution in [0.15, 0.2) is 23.2 Å². The Labute approximate surface area is 185 Å². The number of phenols is 1. The van der Waals surface area contributed by atoms with Crippen molar-refractivity contribution in [2.45, 2.75) is 38.8 Å². The molecule has 0 saturated carbocycles. The normalized spacial score (nSPS) is 15.2. The number of rotatable bonds is 9. The van der Waals surface area contributed by atoms with Gasteiger partial charge in [-0.15, -0.1) is 24.0 Å². The molecule has 1 aromatic rings. The quantitative estimate of drug-likeness (QED) is 0.232. The Balaban J connectivity index is 0.00000392. The van der Waals surface area contributed by atoms with Gasteiger partial charge in [0.15, 0.2) is 5.96 Å². The van der Waals surface area contributed by atoms with Gasteiger partial charge in [-0.1, -0.05) is 0 Å². The molecule has 28 heavy (non-hydrogen) atoms. The number of piperidine rings is 1. The van der Waals surface area contributed by atoms with Crippen LogP contribution in [0.25, 0.3) is 0 Å². The zero-order valence-electron chi connectivity index (χ0n) is 17.1. The predicted molar refractivity (Wildman–Crippen MR) is 122 cm³/mol. The summed E-state index contributed by atoms with van der Waals surface area (Å²) in [4.78, 5) is 6.97. The molecule has 0 atom stereocenters. The van der Waals surface area contributed by atoms with Gasteiger partial charge in [0, 0.05) is 45.5 Å². The maximum atomic E-state index is 10.1. The summed E-state index contributed by atoms with van der Waals surface area (Å²) in [7, 11) is 3.33. The van der Waals surface area contributed by atoms with Gasteiger partial charge in [-0.2, -0.15) is 0 Å². The van der Waals surface area contributed by atoms with Gasteiger partial charge in [-0.25, -0.2) is 4.99 Å². The van der Waals surface area contributed by atoms with E-state index < -0.39 is 0 Å². The van der Waals surface area contributed by atoms with E-state index in [9.17, 15) is 5.11 Å². The highest BCUT2D eigenvalue weighted by Crippen LogP contribution is 2.23. The van der Waals surface area contributed by atoms with E-state index >= 15 is 0 Å². The predicted octanol–water partition coefficient (Wildman–Crippen LogP) is 3.00. The molecule has 1 aliphatic rings. The number of hydrogen-bond donors (Lipinski definition) is 2. The number of aromatic hydroxyl groups is 1. The fourth-order valence-corrected chi connectivity index (χ4v) is 3.09. The SMILES string of the molecule is CCNC(=NCc1cc(OC)ccc1O)N1CCC(OCCCOC)CC1.I. The average Bonchev–Trinajstić information content (AvgIpc) is 2.70. The molecule has 0 bridgehead atoms. The fraction of sp³-hybridized carbons (Fsp3) is 0.650. The summed E-state index contributed by atoms with van der Waals surface area (Å²) in [6.07, 6.45) is 3.22. The third-order valence-corrected chi connectivity index (χ3v) is 4.61. The van der Waals surface area contributed by atoms with Crippen LogP contribution < -0.4 is 10.1 Å². The number of guanidine groups is 1. The molecule has 160 valence electrons. The van der Waals surface area contributed by atoms with E-state index in [1.807, 2.05) is 6.07 Å². The number of ether oxygens (including phenoxy) is 3.